The number of hydrogen-bond acceptors (Lipinski definition) is 5. The van der Waals surface area contributed by atoms with Crippen molar-refractivity contribution in [1.82, 2.24) is 14.8 Å². The summed E-state index contributed by atoms with van der Waals surface area (Å²) >= 11 is 5.84. The molecule has 1 aromatic carbocycles. The second-order valence-electron chi connectivity index (χ2n) is 8.76. The predicted octanol–water partition coefficient (Wildman–Crippen LogP) is 4.37. The normalized spacial score (nSPS) is 21.6. The second-order valence-corrected chi connectivity index (χ2v) is 9.15. The van der Waals surface area contributed by atoms with Gasteiger partial charge in [-0.1, -0.05) is 17.7 Å². The first-order valence-electron chi connectivity index (χ1n) is 11.1. The molecule has 1 aromatic heterocycles. The highest BCUT2D eigenvalue weighted by atomic mass is 35.5. The first-order valence-corrected chi connectivity index (χ1v) is 11.5. The molecule has 2 fully saturated rings. The number of benzene rings is 1. The van der Waals surface area contributed by atoms with E-state index in [2.05, 4.69) is 9.88 Å². The number of nitrogens with zero attached hydrogens (tertiary/aromatic N) is 3. The molecule has 2 aromatic rings. The van der Waals surface area contributed by atoms with E-state index in [4.69, 9.17) is 21.4 Å². The maximum absolute atomic E-state index is 13.5. The molecule has 0 unspecified atom stereocenters. The van der Waals surface area contributed by atoms with Gasteiger partial charge in [-0.3, -0.25) is 9.69 Å². The van der Waals surface area contributed by atoms with E-state index in [9.17, 15) is 13.6 Å². The second kappa shape index (κ2) is 9.52. The summed E-state index contributed by atoms with van der Waals surface area (Å²) in [6.45, 7) is 4.30. The number of aromatic nitrogens is 1. The summed E-state index contributed by atoms with van der Waals surface area (Å²) in [5, 5.41) is 9.18. The van der Waals surface area contributed by atoms with Crippen LogP contribution in [0.3, 0.4) is 0 Å². The van der Waals surface area contributed by atoms with E-state index in [-0.39, 0.29) is 23.7 Å². The van der Waals surface area contributed by atoms with Crippen molar-refractivity contribution in [3.63, 3.8) is 0 Å². The first-order chi connectivity index (χ1) is 15.7. The zero-order valence-corrected chi connectivity index (χ0v) is 19.5. The van der Waals surface area contributed by atoms with Crippen molar-refractivity contribution in [2.75, 3.05) is 26.2 Å². The van der Waals surface area contributed by atoms with Crippen LogP contribution in [-0.2, 0) is 0 Å². The highest BCUT2D eigenvalue weighted by Crippen LogP contribution is 2.40. The van der Waals surface area contributed by atoms with Crippen molar-refractivity contribution in [2.45, 2.75) is 51.3 Å². The number of alkyl halides is 2. The Hall–Kier alpha value is -2.29. The Balaban J connectivity index is 1.51. The molecule has 9 heteroatoms. The number of pyridine rings is 1. The number of ether oxygens (including phenoxy) is 1. The SMILES string of the molecule is Cc1c(OC(F)(F)CO)ccc([C@H]2CCC[C@H]3CN(C(=O)c4ccc(Cl)nc4)CCN32)c1C. The monoisotopic (exact) mass is 479 g/mol. The molecule has 178 valence electrons. The minimum Gasteiger partial charge on any atom is -0.431 e. The van der Waals surface area contributed by atoms with Crippen LogP contribution in [-0.4, -0.2) is 64.2 Å². The molecule has 1 amide bonds. The van der Waals surface area contributed by atoms with Crippen LogP contribution < -0.4 is 4.74 Å². The predicted molar refractivity (Wildman–Crippen MR) is 121 cm³/mol. The Morgan fingerprint density at radius 2 is 2.00 bits per heavy atom. The number of rotatable bonds is 5. The van der Waals surface area contributed by atoms with Crippen molar-refractivity contribution in [3.05, 3.63) is 57.9 Å². The van der Waals surface area contributed by atoms with Gasteiger partial charge in [-0.25, -0.2) is 4.98 Å². The third kappa shape index (κ3) is 4.98. The molecule has 33 heavy (non-hydrogen) atoms. The smallest absolute Gasteiger partial charge is 0.421 e. The van der Waals surface area contributed by atoms with Crippen LogP contribution in [0.2, 0.25) is 5.15 Å². The highest BCUT2D eigenvalue weighted by Gasteiger charge is 2.38. The summed E-state index contributed by atoms with van der Waals surface area (Å²) in [6, 6.07) is 7.13. The molecule has 2 aliphatic heterocycles. The zero-order valence-electron chi connectivity index (χ0n) is 18.7. The van der Waals surface area contributed by atoms with E-state index >= 15 is 0 Å². The van der Waals surface area contributed by atoms with E-state index in [0.717, 1.165) is 36.9 Å². The minimum atomic E-state index is -3.61. The van der Waals surface area contributed by atoms with Gasteiger partial charge in [-0.15, -0.1) is 0 Å². The van der Waals surface area contributed by atoms with Gasteiger partial charge in [0.15, 0.2) is 0 Å². The van der Waals surface area contributed by atoms with Gasteiger partial charge in [0.1, 0.15) is 17.5 Å². The van der Waals surface area contributed by atoms with E-state index < -0.39 is 12.7 Å². The number of hydrogen-bond donors (Lipinski definition) is 1. The molecule has 2 aliphatic rings. The van der Waals surface area contributed by atoms with E-state index in [1.807, 2.05) is 17.9 Å². The van der Waals surface area contributed by atoms with Crippen LogP contribution in [0.4, 0.5) is 8.78 Å². The number of amides is 1. The van der Waals surface area contributed by atoms with Gasteiger partial charge in [0.25, 0.3) is 5.91 Å². The van der Waals surface area contributed by atoms with Gasteiger partial charge in [0, 0.05) is 37.9 Å². The lowest BCUT2D eigenvalue weighted by atomic mass is 9.86. The van der Waals surface area contributed by atoms with Gasteiger partial charge in [0.2, 0.25) is 0 Å². The Labute approximate surface area is 197 Å². The Morgan fingerprint density at radius 1 is 1.21 bits per heavy atom. The molecule has 4 rings (SSSR count). The quantitative estimate of drug-likeness (QED) is 0.645. The number of fused-ring (bicyclic) bond motifs is 1. The topological polar surface area (TPSA) is 65.9 Å². The van der Waals surface area contributed by atoms with Crippen molar-refractivity contribution >= 4 is 17.5 Å². The number of carbonyl (C=O) groups is 1. The zero-order chi connectivity index (χ0) is 23.8. The number of carbonyl (C=O) groups excluding carboxylic acids is 1. The van der Waals surface area contributed by atoms with E-state index in [1.165, 1.54) is 6.20 Å². The first kappa shape index (κ1) is 23.9. The molecule has 0 bridgehead atoms. The number of aliphatic hydroxyl groups is 1. The van der Waals surface area contributed by atoms with Gasteiger partial charge in [-0.2, -0.15) is 8.78 Å². The minimum absolute atomic E-state index is 0.0423. The third-order valence-electron chi connectivity index (χ3n) is 6.79. The number of piperazine rings is 1. The van der Waals surface area contributed by atoms with Crippen LogP contribution >= 0.6 is 11.6 Å². The van der Waals surface area contributed by atoms with Crippen LogP contribution in [0.25, 0.3) is 0 Å². The summed E-state index contributed by atoms with van der Waals surface area (Å²) in [6.07, 6.45) is 0.892. The number of halogens is 3. The largest absolute Gasteiger partial charge is 0.431 e. The lowest BCUT2D eigenvalue weighted by molar-refractivity contribution is -0.201. The van der Waals surface area contributed by atoms with Crippen molar-refractivity contribution in [3.8, 4) is 5.75 Å². The third-order valence-corrected chi connectivity index (χ3v) is 7.01. The summed E-state index contributed by atoms with van der Waals surface area (Å²) in [5.74, 6) is 0.0360. The molecule has 0 saturated carbocycles. The van der Waals surface area contributed by atoms with Crippen molar-refractivity contribution < 1.29 is 23.4 Å². The maximum atomic E-state index is 13.5. The van der Waals surface area contributed by atoms with Gasteiger partial charge >= 0.3 is 6.11 Å². The summed E-state index contributed by atoms with van der Waals surface area (Å²) in [4.78, 5) is 21.3. The fraction of sp³-hybridized carbons (Fsp3) is 0.500. The molecule has 2 saturated heterocycles. The average molecular weight is 480 g/mol. The molecule has 0 aliphatic carbocycles. The molecule has 0 radical (unpaired) electrons. The number of piperidine rings is 1. The lowest BCUT2D eigenvalue weighted by Crippen LogP contribution is -2.57. The molecular weight excluding hydrogens is 452 g/mol. The van der Waals surface area contributed by atoms with Crippen LogP contribution in [0.5, 0.6) is 5.75 Å². The molecule has 2 atom stereocenters. The van der Waals surface area contributed by atoms with Crippen LogP contribution in [0.1, 0.15) is 52.4 Å². The van der Waals surface area contributed by atoms with Gasteiger partial charge in [0.05, 0.1) is 5.56 Å². The molecule has 3 heterocycles. The maximum Gasteiger partial charge on any atom is 0.421 e. The van der Waals surface area contributed by atoms with Crippen molar-refractivity contribution in [2.24, 2.45) is 0 Å². The van der Waals surface area contributed by atoms with Crippen LogP contribution in [0.15, 0.2) is 30.5 Å². The highest BCUT2D eigenvalue weighted by molar-refractivity contribution is 6.29. The summed E-state index contributed by atoms with van der Waals surface area (Å²) in [7, 11) is 0. The molecule has 1 N–H and O–H groups in total. The Morgan fingerprint density at radius 3 is 2.70 bits per heavy atom. The Bertz CT molecular complexity index is 1020. The molecule has 0 spiro atoms. The Kier molecular flexibility index (Phi) is 6.88. The standard InChI is InChI=1S/C24H28ClF2N3O3/c1-15-16(2)21(33-24(26,27)14-31)8-7-19(15)20-5-3-4-18-13-29(10-11-30(18)20)23(32)17-6-9-22(25)28-12-17/h6-9,12,18,20,31H,3-5,10-11,13-14H2,1-2H3/t18-,20+/m0/s1. The summed E-state index contributed by atoms with van der Waals surface area (Å²) < 4.78 is 31.8. The molecule has 6 nitrogen and oxygen atoms in total. The lowest BCUT2D eigenvalue weighted by Gasteiger charge is -2.48. The van der Waals surface area contributed by atoms with Gasteiger partial charge in [-0.05, 0) is 68.0 Å². The molecular formula is C24H28ClF2N3O3. The fourth-order valence-electron chi connectivity index (χ4n) is 4.93. The van der Waals surface area contributed by atoms with E-state index in [1.54, 1.807) is 25.1 Å². The fourth-order valence-corrected chi connectivity index (χ4v) is 5.05. The van der Waals surface area contributed by atoms with Crippen LogP contribution in [0, 0.1) is 13.8 Å². The summed E-state index contributed by atoms with van der Waals surface area (Å²) in [5.41, 5.74) is 3.19. The van der Waals surface area contributed by atoms with Crippen molar-refractivity contribution in [1.29, 1.82) is 0 Å². The van der Waals surface area contributed by atoms with Gasteiger partial charge < -0.3 is 14.7 Å². The number of aliphatic hydroxyl groups excluding tert-OH is 1. The average Bonchev–Trinajstić information content (AvgIpc) is 2.81. The van der Waals surface area contributed by atoms with E-state index in [0.29, 0.717) is 29.4 Å².